The Morgan fingerprint density at radius 3 is 2.08 bits per heavy atom. The van der Waals surface area contributed by atoms with Gasteiger partial charge in [0.2, 0.25) is 0 Å². The third-order valence-corrected chi connectivity index (χ3v) is 3.15. The zero-order valence-corrected chi connectivity index (χ0v) is 9.60. The summed E-state index contributed by atoms with van der Waals surface area (Å²) in [4.78, 5) is 0. The minimum absolute atomic E-state index is 0.558. The van der Waals surface area contributed by atoms with E-state index in [4.69, 9.17) is 9.26 Å². The predicted octanol–water partition coefficient (Wildman–Crippen LogP) is 2.85. The van der Waals surface area contributed by atoms with Gasteiger partial charge < -0.3 is 4.74 Å². The lowest BCUT2D eigenvalue weighted by Crippen LogP contribution is -2.35. The van der Waals surface area contributed by atoms with Gasteiger partial charge in [-0.05, 0) is 12.8 Å². The third kappa shape index (κ3) is 3.41. The van der Waals surface area contributed by atoms with E-state index in [1.165, 1.54) is 6.42 Å². The Morgan fingerprint density at radius 2 is 1.69 bits per heavy atom. The Bertz CT molecular complexity index is 203. The molecule has 0 radical (unpaired) electrons. The first kappa shape index (κ1) is 11.2. The number of hydrogen-bond acceptors (Lipinski definition) is 3. The molecule has 3 nitrogen and oxygen atoms in total. The van der Waals surface area contributed by atoms with Gasteiger partial charge in [0.15, 0.2) is 13.2 Å². The van der Waals surface area contributed by atoms with Crippen molar-refractivity contribution < 1.29 is 13.8 Å². The van der Waals surface area contributed by atoms with E-state index in [1.807, 2.05) is 0 Å². The van der Waals surface area contributed by atoms with E-state index in [2.05, 4.69) is 0 Å². The summed E-state index contributed by atoms with van der Waals surface area (Å²) in [5.41, 5.74) is 0. The summed E-state index contributed by atoms with van der Waals surface area (Å²) < 4.78 is 22.5. The van der Waals surface area contributed by atoms with Gasteiger partial charge in [-0.25, -0.2) is 0 Å². The van der Waals surface area contributed by atoms with Crippen molar-refractivity contribution in [3.8, 4) is 0 Å². The summed E-state index contributed by atoms with van der Waals surface area (Å²) in [5.74, 6) is -0.558. The molecular formula is C9H19O3P. The van der Waals surface area contributed by atoms with Crippen LogP contribution in [0.15, 0.2) is 0 Å². The van der Waals surface area contributed by atoms with Crippen LogP contribution in [-0.4, -0.2) is 26.2 Å². The van der Waals surface area contributed by atoms with Crippen LogP contribution in [0.4, 0.5) is 0 Å². The predicted molar refractivity (Wildman–Crippen MR) is 53.4 cm³/mol. The van der Waals surface area contributed by atoms with E-state index < -0.39 is 13.2 Å². The van der Waals surface area contributed by atoms with Crippen molar-refractivity contribution in [3.05, 3.63) is 0 Å². The lowest BCUT2D eigenvalue weighted by atomic mass is 9.94. The fourth-order valence-corrected chi connectivity index (χ4v) is 2.88. The number of methoxy groups -OCH3 is 1. The average molecular weight is 206 g/mol. The Hall–Kier alpha value is 0.150. The van der Waals surface area contributed by atoms with Crippen LogP contribution in [0, 0.1) is 0 Å². The van der Waals surface area contributed by atoms with Crippen LogP contribution in [0.5, 0.6) is 0 Å². The van der Waals surface area contributed by atoms with Crippen LogP contribution >= 0.6 is 7.37 Å². The van der Waals surface area contributed by atoms with Crippen molar-refractivity contribution in [1.82, 2.24) is 0 Å². The van der Waals surface area contributed by atoms with Crippen molar-refractivity contribution in [2.24, 2.45) is 0 Å². The van der Waals surface area contributed by atoms with E-state index in [-0.39, 0.29) is 0 Å². The van der Waals surface area contributed by atoms with Gasteiger partial charge in [0, 0.05) is 33.3 Å². The summed E-state index contributed by atoms with van der Waals surface area (Å²) in [7, 11) is -0.801. The monoisotopic (exact) mass is 206 g/mol. The Morgan fingerprint density at radius 1 is 1.15 bits per heavy atom. The molecule has 13 heavy (non-hydrogen) atoms. The third-order valence-electron chi connectivity index (χ3n) is 2.37. The average Bonchev–Trinajstić information content (AvgIpc) is 2.03. The molecule has 1 fully saturated rings. The molecule has 0 aliphatic heterocycles. The van der Waals surface area contributed by atoms with Crippen molar-refractivity contribution in [3.63, 3.8) is 0 Å². The highest BCUT2D eigenvalue weighted by atomic mass is 31.2. The maximum atomic E-state index is 11.5. The van der Waals surface area contributed by atoms with Gasteiger partial charge in [-0.2, -0.15) is 0 Å². The smallest absolute Gasteiger partial charge is 0.199 e. The second-order valence-electron chi connectivity index (χ2n) is 4.02. The van der Waals surface area contributed by atoms with E-state index in [0.29, 0.717) is 0 Å². The molecule has 1 aliphatic carbocycles. The lowest BCUT2D eigenvalue weighted by Gasteiger charge is -2.36. The molecule has 4 heteroatoms. The minimum Gasteiger partial charge on any atom is -0.353 e. The first-order valence-corrected chi connectivity index (χ1v) is 7.30. The van der Waals surface area contributed by atoms with Crippen LogP contribution in [0.25, 0.3) is 0 Å². The molecule has 0 spiro atoms. The van der Waals surface area contributed by atoms with Crippen LogP contribution in [0.3, 0.4) is 0 Å². The molecule has 0 unspecified atom stereocenters. The van der Waals surface area contributed by atoms with Crippen LogP contribution in [-0.2, 0) is 13.8 Å². The van der Waals surface area contributed by atoms with Crippen molar-refractivity contribution in [2.75, 3.05) is 20.4 Å². The summed E-state index contributed by atoms with van der Waals surface area (Å²) in [6, 6.07) is 0. The quantitative estimate of drug-likeness (QED) is 0.526. The Kier molecular flexibility index (Phi) is 3.56. The minimum atomic E-state index is -2.44. The zero-order chi connectivity index (χ0) is 9.95. The van der Waals surface area contributed by atoms with E-state index in [9.17, 15) is 4.57 Å². The van der Waals surface area contributed by atoms with E-state index in [1.54, 1.807) is 20.4 Å². The molecular weight excluding hydrogens is 187 g/mol. The number of ether oxygens (including phenoxy) is 1. The molecule has 0 heterocycles. The molecule has 0 amide bonds. The lowest BCUT2D eigenvalue weighted by molar-refractivity contribution is -0.181. The van der Waals surface area contributed by atoms with Gasteiger partial charge in [-0.1, -0.05) is 6.42 Å². The molecule has 0 bridgehead atoms. The normalized spacial score (nSPS) is 23.0. The number of hydrogen-bond donors (Lipinski definition) is 0. The van der Waals surface area contributed by atoms with E-state index in [0.717, 1.165) is 25.7 Å². The summed E-state index contributed by atoms with van der Waals surface area (Å²) in [6.07, 6.45) is 5.18. The maximum absolute atomic E-state index is 11.5. The molecule has 0 aromatic carbocycles. The van der Waals surface area contributed by atoms with Crippen molar-refractivity contribution in [1.29, 1.82) is 0 Å². The molecule has 78 valence electrons. The summed E-state index contributed by atoms with van der Waals surface area (Å²) >= 11 is 0. The molecule has 0 atom stereocenters. The van der Waals surface area contributed by atoms with Crippen LogP contribution < -0.4 is 0 Å². The highest BCUT2D eigenvalue weighted by Gasteiger charge is 2.36. The van der Waals surface area contributed by atoms with Gasteiger partial charge in [-0.15, -0.1) is 0 Å². The molecule has 0 N–H and O–H groups in total. The molecule has 1 aliphatic rings. The van der Waals surface area contributed by atoms with Gasteiger partial charge >= 0.3 is 0 Å². The largest absolute Gasteiger partial charge is 0.353 e. The summed E-state index contributed by atoms with van der Waals surface area (Å²) in [6.45, 7) is 3.28. The second kappa shape index (κ2) is 4.12. The molecule has 0 saturated heterocycles. The van der Waals surface area contributed by atoms with E-state index >= 15 is 0 Å². The molecule has 1 rings (SSSR count). The zero-order valence-electron chi connectivity index (χ0n) is 8.71. The SMILES string of the molecule is COC1(OP(C)(C)=O)CCCCC1. The first-order valence-electron chi connectivity index (χ1n) is 4.78. The Balaban J connectivity index is 2.63. The van der Waals surface area contributed by atoms with Gasteiger partial charge in [0.25, 0.3) is 0 Å². The first-order chi connectivity index (χ1) is 5.97. The Labute approximate surface area is 80.3 Å². The fourth-order valence-electron chi connectivity index (χ4n) is 1.82. The van der Waals surface area contributed by atoms with Crippen LogP contribution in [0.1, 0.15) is 32.1 Å². The highest BCUT2D eigenvalue weighted by molar-refractivity contribution is 7.57. The molecule has 0 aromatic heterocycles. The van der Waals surface area contributed by atoms with Crippen LogP contribution in [0.2, 0.25) is 0 Å². The second-order valence-corrected chi connectivity index (χ2v) is 6.71. The van der Waals surface area contributed by atoms with Gasteiger partial charge in [0.1, 0.15) is 0 Å². The maximum Gasteiger partial charge on any atom is 0.199 e. The fraction of sp³-hybridized carbons (Fsp3) is 1.00. The summed E-state index contributed by atoms with van der Waals surface area (Å²) in [5, 5.41) is 0. The van der Waals surface area contributed by atoms with Gasteiger partial charge in [-0.3, -0.25) is 9.09 Å². The topological polar surface area (TPSA) is 35.5 Å². The van der Waals surface area contributed by atoms with Gasteiger partial charge in [0.05, 0.1) is 0 Å². The van der Waals surface area contributed by atoms with Crippen molar-refractivity contribution in [2.45, 2.75) is 37.9 Å². The highest BCUT2D eigenvalue weighted by Crippen LogP contribution is 2.47. The molecule has 0 aromatic rings. The number of rotatable bonds is 3. The molecule has 1 saturated carbocycles. The van der Waals surface area contributed by atoms with Crippen molar-refractivity contribution >= 4 is 7.37 Å². The standard InChI is InChI=1S/C9H19O3P/c1-11-9(12-13(2,3)10)7-5-4-6-8-9/h4-8H2,1-3H3.